The first-order chi connectivity index (χ1) is 12.5. The van der Waals surface area contributed by atoms with Gasteiger partial charge in [-0.15, -0.1) is 0 Å². The molecule has 2 unspecified atom stereocenters. The van der Waals surface area contributed by atoms with Crippen LogP contribution in [0.15, 0.2) is 46.9 Å². The van der Waals surface area contributed by atoms with Gasteiger partial charge in [-0.25, -0.2) is 15.2 Å². The first-order valence-electron chi connectivity index (χ1n) is 8.23. The summed E-state index contributed by atoms with van der Waals surface area (Å²) in [6.07, 6.45) is 0.776. The van der Waals surface area contributed by atoms with E-state index >= 15 is 0 Å². The number of rotatable bonds is 3. The molecule has 0 spiro atoms. The van der Waals surface area contributed by atoms with Gasteiger partial charge in [0.05, 0.1) is 11.7 Å². The molecule has 2 atom stereocenters. The molecule has 2 aromatic carbocycles. The van der Waals surface area contributed by atoms with Crippen LogP contribution in [0.1, 0.15) is 35.5 Å². The van der Waals surface area contributed by atoms with Gasteiger partial charge in [-0.2, -0.15) is 5.10 Å². The molecule has 1 aliphatic rings. The quantitative estimate of drug-likeness (QED) is 0.535. The van der Waals surface area contributed by atoms with Gasteiger partial charge in [0.1, 0.15) is 5.82 Å². The number of H-pyrrole nitrogens is 1. The second-order valence-electron chi connectivity index (χ2n) is 6.34. The first kappa shape index (κ1) is 17.5. The molecule has 1 fully saturated rings. The topological polar surface area (TPSA) is 57.7 Å². The molecule has 1 aliphatic heterocycles. The average Bonchev–Trinajstić information content (AvgIpc) is 3.25. The van der Waals surface area contributed by atoms with Crippen molar-refractivity contribution in [2.24, 2.45) is 0 Å². The van der Waals surface area contributed by atoms with E-state index < -0.39 is 0 Å². The van der Waals surface area contributed by atoms with E-state index in [4.69, 9.17) is 12.2 Å². The number of benzene rings is 2. The zero-order chi connectivity index (χ0) is 18.3. The van der Waals surface area contributed by atoms with Crippen LogP contribution in [0, 0.1) is 17.5 Å². The van der Waals surface area contributed by atoms with Crippen molar-refractivity contribution >= 4 is 28.1 Å². The Morgan fingerprint density at radius 3 is 2.62 bits per heavy atom. The Bertz CT molecular complexity index is 998. The van der Waals surface area contributed by atoms with Crippen LogP contribution in [0.5, 0.6) is 0 Å². The molecule has 3 aromatic rings. The van der Waals surface area contributed by atoms with Crippen molar-refractivity contribution in [1.29, 1.82) is 0 Å². The monoisotopic (exact) mass is 433 g/mol. The van der Waals surface area contributed by atoms with Crippen molar-refractivity contribution in [1.82, 2.24) is 25.6 Å². The van der Waals surface area contributed by atoms with Crippen LogP contribution in [0.3, 0.4) is 0 Å². The van der Waals surface area contributed by atoms with Crippen molar-refractivity contribution in [2.45, 2.75) is 25.4 Å². The lowest BCUT2D eigenvalue weighted by Gasteiger charge is -2.13. The van der Waals surface area contributed by atoms with E-state index in [-0.39, 0.29) is 17.9 Å². The Morgan fingerprint density at radius 1 is 1.15 bits per heavy atom. The number of aryl methyl sites for hydroxylation is 1. The number of halogens is 2. The summed E-state index contributed by atoms with van der Waals surface area (Å²) in [4.78, 5) is 0. The number of hydrogen-bond donors (Lipinski definition) is 3. The number of aromatic amines is 1. The molecule has 26 heavy (non-hydrogen) atoms. The molecule has 5 nitrogen and oxygen atoms in total. The third kappa shape index (κ3) is 3.25. The van der Waals surface area contributed by atoms with Gasteiger partial charge in [0.2, 0.25) is 0 Å². The second-order valence-corrected chi connectivity index (χ2v) is 7.58. The summed E-state index contributed by atoms with van der Waals surface area (Å²) in [5.74, 6) is 0.574. The third-order valence-corrected chi connectivity index (χ3v) is 5.73. The lowest BCUT2D eigenvalue weighted by molar-refractivity contribution is 0.534. The summed E-state index contributed by atoms with van der Waals surface area (Å²) < 4.78 is 16.7. The molecule has 8 heteroatoms. The van der Waals surface area contributed by atoms with Gasteiger partial charge in [-0.3, -0.25) is 9.67 Å². The maximum Gasteiger partial charge on any atom is 0.199 e. The molecule has 1 aromatic heterocycles. The Labute approximate surface area is 163 Å². The van der Waals surface area contributed by atoms with E-state index in [0.29, 0.717) is 4.77 Å². The average molecular weight is 434 g/mol. The van der Waals surface area contributed by atoms with Crippen molar-refractivity contribution in [3.05, 3.63) is 74.5 Å². The van der Waals surface area contributed by atoms with Crippen LogP contribution in [0.25, 0.3) is 5.69 Å². The van der Waals surface area contributed by atoms with Crippen molar-refractivity contribution in [3.8, 4) is 5.69 Å². The van der Waals surface area contributed by atoms with E-state index in [9.17, 15) is 4.39 Å². The lowest BCUT2D eigenvalue weighted by atomic mass is 10.0. The fourth-order valence-electron chi connectivity index (χ4n) is 3.15. The normalized spacial score (nSPS) is 19.8. The third-order valence-electron chi connectivity index (χ3n) is 4.60. The molecule has 1 saturated heterocycles. The number of hydrazine groups is 1. The predicted octanol–water partition coefficient (Wildman–Crippen LogP) is 4.42. The first-order valence-corrected chi connectivity index (χ1v) is 9.43. The summed E-state index contributed by atoms with van der Waals surface area (Å²) in [6.45, 7) is 2.04. The SMILES string of the molecule is Cc1ccc(-n2c(C3CC(c4ccc(F)cc4)NN3)n[nH]c2=S)cc1Br. The molecule has 0 aliphatic carbocycles. The predicted molar refractivity (Wildman–Crippen MR) is 104 cm³/mol. The van der Waals surface area contributed by atoms with Crippen molar-refractivity contribution in [2.75, 3.05) is 0 Å². The van der Waals surface area contributed by atoms with Crippen LogP contribution in [-0.2, 0) is 0 Å². The molecule has 0 saturated carbocycles. The van der Waals surface area contributed by atoms with Crippen LogP contribution < -0.4 is 10.9 Å². The fourth-order valence-corrected chi connectivity index (χ4v) is 3.76. The lowest BCUT2D eigenvalue weighted by Crippen LogP contribution is -2.28. The van der Waals surface area contributed by atoms with E-state index in [0.717, 1.165) is 33.5 Å². The van der Waals surface area contributed by atoms with E-state index in [2.05, 4.69) is 37.0 Å². The highest BCUT2D eigenvalue weighted by atomic mass is 79.9. The zero-order valence-corrected chi connectivity index (χ0v) is 16.4. The Kier molecular flexibility index (Phi) is 4.74. The highest BCUT2D eigenvalue weighted by Gasteiger charge is 2.30. The standard InChI is InChI=1S/C18H17BrFN5S/c1-10-2-7-13(8-14(10)19)25-17(23-24-18(25)26)16-9-15(21-22-16)11-3-5-12(20)6-4-11/h2-8,15-16,21-22H,9H2,1H3,(H,24,26). The minimum Gasteiger partial charge on any atom is -0.271 e. The minimum absolute atomic E-state index is 0.0296. The minimum atomic E-state index is -0.234. The molecule has 0 bridgehead atoms. The highest BCUT2D eigenvalue weighted by Crippen LogP contribution is 2.31. The number of nitrogens with one attached hydrogen (secondary N) is 3. The molecule has 2 heterocycles. The summed E-state index contributed by atoms with van der Waals surface area (Å²) in [7, 11) is 0. The van der Waals surface area contributed by atoms with Gasteiger partial charge in [-0.1, -0.05) is 34.1 Å². The molecular weight excluding hydrogens is 417 g/mol. The second kappa shape index (κ2) is 7.03. The van der Waals surface area contributed by atoms with Crippen LogP contribution in [0.2, 0.25) is 0 Å². The fraction of sp³-hybridized carbons (Fsp3) is 0.222. The molecular formula is C18H17BrFN5S. The van der Waals surface area contributed by atoms with E-state index in [1.165, 1.54) is 12.1 Å². The van der Waals surface area contributed by atoms with Crippen LogP contribution >= 0.6 is 28.1 Å². The highest BCUT2D eigenvalue weighted by molar-refractivity contribution is 9.10. The zero-order valence-electron chi connectivity index (χ0n) is 14.0. The van der Waals surface area contributed by atoms with Gasteiger partial charge in [0, 0.05) is 10.5 Å². The van der Waals surface area contributed by atoms with Crippen molar-refractivity contribution < 1.29 is 4.39 Å². The molecule has 134 valence electrons. The summed E-state index contributed by atoms with van der Waals surface area (Å²) in [6, 6.07) is 12.7. The molecule has 0 radical (unpaired) electrons. The largest absolute Gasteiger partial charge is 0.271 e. The summed E-state index contributed by atoms with van der Waals surface area (Å²) >= 11 is 9.02. The maximum absolute atomic E-state index is 13.2. The van der Waals surface area contributed by atoms with Gasteiger partial charge < -0.3 is 0 Å². The van der Waals surface area contributed by atoms with Crippen molar-refractivity contribution in [3.63, 3.8) is 0 Å². The number of hydrogen-bond acceptors (Lipinski definition) is 4. The Hall–Kier alpha value is -1.87. The van der Waals surface area contributed by atoms with Crippen LogP contribution in [-0.4, -0.2) is 14.8 Å². The number of nitrogens with zero attached hydrogens (tertiary/aromatic N) is 2. The van der Waals surface area contributed by atoms with Crippen LogP contribution in [0.4, 0.5) is 4.39 Å². The summed E-state index contributed by atoms with van der Waals surface area (Å²) in [5.41, 5.74) is 9.68. The Balaban J connectivity index is 1.64. The molecule has 0 amide bonds. The van der Waals surface area contributed by atoms with E-state index in [1.54, 1.807) is 12.1 Å². The van der Waals surface area contributed by atoms with Gasteiger partial charge in [0.15, 0.2) is 10.6 Å². The Morgan fingerprint density at radius 2 is 1.88 bits per heavy atom. The maximum atomic E-state index is 13.2. The van der Waals surface area contributed by atoms with Gasteiger partial charge >= 0.3 is 0 Å². The van der Waals surface area contributed by atoms with Gasteiger partial charge in [0.25, 0.3) is 0 Å². The number of aromatic nitrogens is 3. The van der Waals surface area contributed by atoms with Gasteiger partial charge in [-0.05, 0) is 61.0 Å². The smallest absolute Gasteiger partial charge is 0.199 e. The van der Waals surface area contributed by atoms with E-state index in [1.807, 2.05) is 29.7 Å². The molecule has 4 rings (SSSR count). The summed E-state index contributed by atoms with van der Waals surface area (Å²) in [5, 5.41) is 7.33. The molecule has 3 N–H and O–H groups in total.